The monoisotopic (exact) mass is 258 g/mol. The van der Waals surface area contributed by atoms with Crippen molar-refractivity contribution in [3.8, 4) is 0 Å². The fourth-order valence-electron chi connectivity index (χ4n) is 1.71. The van der Waals surface area contributed by atoms with E-state index in [1.807, 2.05) is 0 Å². The van der Waals surface area contributed by atoms with Gasteiger partial charge in [-0.3, -0.25) is 10.1 Å². The molecular formula is C11H18N2O5. The SMILES string of the molecule is CCCC1CC1NC(=O)NC(=O)COCC(=O)O. The van der Waals surface area contributed by atoms with Gasteiger partial charge in [-0.25, -0.2) is 9.59 Å². The third kappa shape index (κ3) is 5.62. The van der Waals surface area contributed by atoms with Crippen LogP contribution in [-0.4, -0.2) is 42.3 Å². The number of nitrogens with one attached hydrogen (secondary N) is 2. The molecule has 0 aromatic heterocycles. The Balaban J connectivity index is 2.09. The zero-order valence-electron chi connectivity index (χ0n) is 10.3. The van der Waals surface area contributed by atoms with Crippen LogP contribution in [0.3, 0.4) is 0 Å². The lowest BCUT2D eigenvalue weighted by Crippen LogP contribution is -2.42. The molecule has 0 aromatic carbocycles. The van der Waals surface area contributed by atoms with Gasteiger partial charge in [0.15, 0.2) is 0 Å². The van der Waals surface area contributed by atoms with Crippen molar-refractivity contribution in [1.29, 1.82) is 0 Å². The molecule has 0 aromatic rings. The van der Waals surface area contributed by atoms with E-state index in [0.29, 0.717) is 5.92 Å². The van der Waals surface area contributed by atoms with Crippen molar-refractivity contribution in [3.63, 3.8) is 0 Å². The van der Waals surface area contributed by atoms with Crippen molar-refractivity contribution < 1.29 is 24.2 Å². The summed E-state index contributed by atoms with van der Waals surface area (Å²) in [4.78, 5) is 32.6. The molecule has 1 aliphatic rings. The van der Waals surface area contributed by atoms with Gasteiger partial charge in [0.2, 0.25) is 0 Å². The largest absolute Gasteiger partial charge is 0.480 e. The van der Waals surface area contributed by atoms with Crippen LogP contribution in [0.1, 0.15) is 26.2 Å². The van der Waals surface area contributed by atoms with Gasteiger partial charge in [-0.1, -0.05) is 13.3 Å². The van der Waals surface area contributed by atoms with Crippen LogP contribution < -0.4 is 10.6 Å². The Hall–Kier alpha value is -1.63. The number of ether oxygens (including phenoxy) is 1. The molecule has 102 valence electrons. The van der Waals surface area contributed by atoms with Gasteiger partial charge in [0.1, 0.15) is 13.2 Å². The minimum atomic E-state index is -1.16. The molecule has 3 amide bonds. The number of carboxylic acids is 1. The van der Waals surface area contributed by atoms with Crippen molar-refractivity contribution in [2.24, 2.45) is 5.92 Å². The average molecular weight is 258 g/mol. The molecule has 1 fully saturated rings. The smallest absolute Gasteiger partial charge is 0.329 e. The molecule has 0 bridgehead atoms. The van der Waals surface area contributed by atoms with Crippen LogP contribution >= 0.6 is 0 Å². The van der Waals surface area contributed by atoms with Crippen LogP contribution in [0.25, 0.3) is 0 Å². The fourth-order valence-corrected chi connectivity index (χ4v) is 1.71. The van der Waals surface area contributed by atoms with Gasteiger partial charge in [0.25, 0.3) is 5.91 Å². The molecule has 18 heavy (non-hydrogen) atoms. The molecule has 0 saturated heterocycles. The number of hydrogen-bond acceptors (Lipinski definition) is 4. The third-order valence-electron chi connectivity index (χ3n) is 2.61. The van der Waals surface area contributed by atoms with E-state index in [2.05, 4.69) is 22.3 Å². The third-order valence-corrected chi connectivity index (χ3v) is 2.61. The summed E-state index contributed by atoms with van der Waals surface area (Å²) in [5.74, 6) is -1.30. The van der Waals surface area contributed by atoms with Gasteiger partial charge in [-0.15, -0.1) is 0 Å². The number of carbonyl (C=O) groups excluding carboxylic acids is 2. The zero-order valence-corrected chi connectivity index (χ0v) is 10.3. The molecule has 1 rings (SSSR count). The molecule has 0 spiro atoms. The van der Waals surface area contributed by atoms with E-state index in [0.717, 1.165) is 19.3 Å². The summed E-state index contributed by atoms with van der Waals surface area (Å²) in [6.45, 7) is 1.08. The maximum absolute atomic E-state index is 11.3. The van der Waals surface area contributed by atoms with Gasteiger partial charge < -0.3 is 15.2 Å². The minimum absolute atomic E-state index is 0.151. The minimum Gasteiger partial charge on any atom is -0.480 e. The van der Waals surface area contributed by atoms with Gasteiger partial charge in [-0.05, 0) is 18.8 Å². The second-order valence-electron chi connectivity index (χ2n) is 4.30. The molecule has 2 atom stereocenters. The summed E-state index contributed by atoms with van der Waals surface area (Å²) in [5, 5.41) is 13.0. The molecule has 7 nitrogen and oxygen atoms in total. The summed E-state index contributed by atoms with van der Waals surface area (Å²) in [5.41, 5.74) is 0. The molecule has 1 aliphatic carbocycles. The average Bonchev–Trinajstić information content (AvgIpc) is 2.95. The summed E-state index contributed by atoms with van der Waals surface area (Å²) in [6, 6.07) is -0.403. The van der Waals surface area contributed by atoms with Crippen molar-refractivity contribution in [3.05, 3.63) is 0 Å². The highest BCUT2D eigenvalue weighted by molar-refractivity contribution is 5.95. The number of rotatable bonds is 7. The molecule has 0 heterocycles. The Morgan fingerprint density at radius 2 is 2.06 bits per heavy atom. The number of carboxylic acid groups (broad SMARTS) is 1. The first-order valence-electron chi connectivity index (χ1n) is 5.92. The van der Waals surface area contributed by atoms with Crippen molar-refractivity contribution in [2.45, 2.75) is 32.2 Å². The lowest BCUT2D eigenvalue weighted by Gasteiger charge is -2.06. The van der Waals surface area contributed by atoms with Crippen LogP contribution in [0.2, 0.25) is 0 Å². The van der Waals surface area contributed by atoms with Gasteiger partial charge >= 0.3 is 12.0 Å². The number of aliphatic carboxylic acids is 1. The van der Waals surface area contributed by atoms with E-state index in [4.69, 9.17) is 5.11 Å². The van der Waals surface area contributed by atoms with E-state index >= 15 is 0 Å². The highest BCUT2D eigenvalue weighted by Crippen LogP contribution is 2.34. The van der Waals surface area contributed by atoms with E-state index in [-0.39, 0.29) is 6.04 Å². The van der Waals surface area contributed by atoms with Crippen LogP contribution in [0.5, 0.6) is 0 Å². The van der Waals surface area contributed by atoms with Crippen LogP contribution in [-0.2, 0) is 14.3 Å². The summed E-state index contributed by atoms with van der Waals surface area (Å²) in [6.07, 6.45) is 3.10. The first kappa shape index (κ1) is 14.4. The predicted molar refractivity (Wildman–Crippen MR) is 61.9 cm³/mol. The normalized spacial score (nSPS) is 21.2. The van der Waals surface area contributed by atoms with Crippen LogP contribution in [0.15, 0.2) is 0 Å². The maximum atomic E-state index is 11.3. The predicted octanol–water partition coefficient (Wildman–Crippen LogP) is 0.102. The van der Waals surface area contributed by atoms with E-state index in [1.54, 1.807) is 0 Å². The van der Waals surface area contributed by atoms with E-state index < -0.39 is 31.1 Å². The second-order valence-corrected chi connectivity index (χ2v) is 4.30. The summed E-state index contributed by atoms with van der Waals surface area (Å²) < 4.78 is 4.55. The first-order valence-corrected chi connectivity index (χ1v) is 5.92. The quantitative estimate of drug-likeness (QED) is 0.600. The number of amides is 3. The van der Waals surface area contributed by atoms with E-state index in [9.17, 15) is 14.4 Å². The van der Waals surface area contributed by atoms with Crippen molar-refractivity contribution >= 4 is 17.9 Å². The van der Waals surface area contributed by atoms with Gasteiger partial charge in [0.05, 0.1) is 0 Å². The first-order chi connectivity index (χ1) is 8.52. The number of urea groups is 1. The van der Waals surface area contributed by atoms with Crippen LogP contribution in [0, 0.1) is 5.92 Å². The topological polar surface area (TPSA) is 105 Å². The molecular weight excluding hydrogens is 240 g/mol. The van der Waals surface area contributed by atoms with Gasteiger partial charge in [-0.2, -0.15) is 0 Å². The Labute approximate surface area is 105 Å². The van der Waals surface area contributed by atoms with E-state index in [1.165, 1.54) is 0 Å². The number of hydrogen-bond donors (Lipinski definition) is 3. The molecule has 0 aliphatic heterocycles. The fraction of sp³-hybridized carbons (Fsp3) is 0.727. The Kier molecular flexibility index (Phi) is 5.57. The summed E-state index contributed by atoms with van der Waals surface area (Å²) in [7, 11) is 0. The van der Waals surface area contributed by atoms with Crippen molar-refractivity contribution in [1.82, 2.24) is 10.6 Å². The maximum Gasteiger partial charge on any atom is 0.329 e. The second kappa shape index (κ2) is 6.95. The lowest BCUT2D eigenvalue weighted by molar-refractivity contribution is -0.143. The standard InChI is InChI=1S/C11H18N2O5/c1-2-3-7-4-8(7)12-11(17)13-9(14)5-18-6-10(15)16/h7-8H,2-6H2,1H3,(H,15,16)(H2,12,13,14,17). The Bertz CT molecular complexity index is 331. The number of carbonyl (C=O) groups is 3. The number of imide groups is 1. The Morgan fingerprint density at radius 3 is 2.67 bits per heavy atom. The summed E-state index contributed by atoms with van der Waals surface area (Å²) >= 11 is 0. The molecule has 2 unspecified atom stereocenters. The Morgan fingerprint density at radius 1 is 1.33 bits per heavy atom. The zero-order chi connectivity index (χ0) is 13.5. The molecule has 1 saturated carbocycles. The lowest BCUT2D eigenvalue weighted by atomic mass is 10.2. The molecule has 0 radical (unpaired) electrons. The highest BCUT2D eigenvalue weighted by Gasteiger charge is 2.37. The van der Waals surface area contributed by atoms with Gasteiger partial charge in [0, 0.05) is 6.04 Å². The molecule has 7 heteroatoms. The van der Waals surface area contributed by atoms with Crippen molar-refractivity contribution in [2.75, 3.05) is 13.2 Å². The highest BCUT2D eigenvalue weighted by atomic mass is 16.5. The van der Waals surface area contributed by atoms with Crippen LogP contribution in [0.4, 0.5) is 4.79 Å². The molecule has 3 N–H and O–H groups in total.